The number of nitrogens with zero attached hydrogens (tertiary/aromatic N) is 2. The summed E-state index contributed by atoms with van der Waals surface area (Å²) in [6.07, 6.45) is 4.58. The van der Waals surface area contributed by atoms with Crippen molar-refractivity contribution < 1.29 is 9.53 Å². The van der Waals surface area contributed by atoms with E-state index in [1.165, 1.54) is 30.2 Å². The number of hydrogen-bond donors (Lipinski definition) is 1. The van der Waals surface area contributed by atoms with Crippen molar-refractivity contribution in [1.29, 1.82) is 0 Å². The Morgan fingerprint density at radius 3 is 2.54 bits per heavy atom. The van der Waals surface area contributed by atoms with Crippen molar-refractivity contribution in [2.75, 3.05) is 12.4 Å². The van der Waals surface area contributed by atoms with Crippen LogP contribution in [0.3, 0.4) is 0 Å². The smallest absolute Gasteiger partial charge is 0.305 e. The van der Waals surface area contributed by atoms with Crippen LogP contribution in [0.2, 0.25) is 0 Å². The number of benzene rings is 2. The van der Waals surface area contributed by atoms with E-state index in [0.717, 1.165) is 35.6 Å². The van der Waals surface area contributed by atoms with Gasteiger partial charge in [0.2, 0.25) is 5.95 Å². The molecule has 1 heterocycles. The first-order chi connectivity index (χ1) is 16.6. The van der Waals surface area contributed by atoms with Gasteiger partial charge in [-0.2, -0.15) is 0 Å². The monoisotopic (exact) mass is 475 g/mol. The molecule has 2 aromatic carbocycles. The number of imidazole rings is 1. The molecule has 5 nitrogen and oxygen atoms in total. The van der Waals surface area contributed by atoms with Crippen LogP contribution in [0.4, 0.5) is 11.6 Å². The predicted molar refractivity (Wildman–Crippen MR) is 144 cm³/mol. The van der Waals surface area contributed by atoms with Crippen LogP contribution in [-0.4, -0.2) is 22.6 Å². The molecule has 1 aliphatic rings. The molecule has 35 heavy (non-hydrogen) atoms. The first-order valence-corrected chi connectivity index (χ1v) is 13.0. The highest BCUT2D eigenvalue weighted by atomic mass is 16.5. The van der Waals surface area contributed by atoms with Gasteiger partial charge >= 0.3 is 5.97 Å². The molecule has 0 spiro atoms. The van der Waals surface area contributed by atoms with E-state index in [2.05, 4.69) is 87.8 Å². The van der Waals surface area contributed by atoms with Crippen LogP contribution in [0.1, 0.15) is 89.0 Å². The molecule has 3 aromatic rings. The lowest BCUT2D eigenvalue weighted by Gasteiger charge is -2.40. The Kier molecular flexibility index (Phi) is 7.25. The summed E-state index contributed by atoms with van der Waals surface area (Å²) in [5.74, 6) is 1.89. The predicted octanol–water partition coefficient (Wildman–Crippen LogP) is 7.70. The van der Waals surface area contributed by atoms with Gasteiger partial charge in [-0.25, -0.2) is 4.98 Å². The van der Waals surface area contributed by atoms with E-state index in [1.807, 2.05) is 0 Å². The number of nitrogens with one attached hydrogen (secondary N) is 1. The molecule has 188 valence electrons. The molecule has 1 saturated carbocycles. The minimum atomic E-state index is -0.180. The van der Waals surface area contributed by atoms with Crippen LogP contribution in [0, 0.1) is 18.3 Å². The van der Waals surface area contributed by atoms with Crippen LogP contribution in [0.5, 0.6) is 0 Å². The summed E-state index contributed by atoms with van der Waals surface area (Å²) >= 11 is 0. The standard InChI is InChI=1S/C30H41N3O2/c1-19(2)22-8-11-24(12-9-22)31-29-32-26-16-23(10-13-28(34)35-7)21(4)15-27(26)33(29)25-14-20(3)17-30(5,6)18-25/h8-9,11-12,15-16,19-20,25H,10,13-14,17-18H2,1-7H3,(H,31,32). The SMILES string of the molecule is COC(=O)CCc1cc2nc(Nc3ccc(C(C)C)cc3)n(C3CC(C)CC(C)(C)C3)c2cc1C. The van der Waals surface area contributed by atoms with Gasteiger partial charge in [-0.05, 0) is 90.8 Å². The van der Waals surface area contributed by atoms with Gasteiger partial charge < -0.3 is 14.6 Å². The van der Waals surface area contributed by atoms with Crippen molar-refractivity contribution in [3.63, 3.8) is 0 Å². The van der Waals surface area contributed by atoms with Crippen molar-refractivity contribution in [2.45, 2.75) is 85.6 Å². The van der Waals surface area contributed by atoms with Gasteiger partial charge in [-0.1, -0.05) is 46.8 Å². The summed E-state index contributed by atoms with van der Waals surface area (Å²) in [5.41, 5.74) is 7.17. The number of anilines is 2. The van der Waals surface area contributed by atoms with Crippen molar-refractivity contribution >= 4 is 28.6 Å². The fourth-order valence-electron chi connectivity index (χ4n) is 5.93. The lowest BCUT2D eigenvalue weighted by Crippen LogP contribution is -2.29. The topological polar surface area (TPSA) is 56.1 Å². The second kappa shape index (κ2) is 10.0. The number of aromatic nitrogens is 2. The first-order valence-electron chi connectivity index (χ1n) is 13.0. The number of esters is 1. The third-order valence-electron chi connectivity index (χ3n) is 7.54. The quantitative estimate of drug-likeness (QED) is 0.356. The molecule has 0 bridgehead atoms. The summed E-state index contributed by atoms with van der Waals surface area (Å²) in [5, 5.41) is 3.64. The highest BCUT2D eigenvalue weighted by Crippen LogP contribution is 2.46. The minimum absolute atomic E-state index is 0.180. The van der Waals surface area contributed by atoms with Crippen LogP contribution in [0.25, 0.3) is 11.0 Å². The number of carbonyl (C=O) groups is 1. The number of ether oxygens (including phenoxy) is 1. The van der Waals surface area contributed by atoms with Gasteiger partial charge in [-0.15, -0.1) is 0 Å². The van der Waals surface area contributed by atoms with Gasteiger partial charge in [0.1, 0.15) is 0 Å². The zero-order chi connectivity index (χ0) is 25.3. The maximum Gasteiger partial charge on any atom is 0.305 e. The maximum absolute atomic E-state index is 11.7. The van der Waals surface area contributed by atoms with E-state index in [9.17, 15) is 4.79 Å². The lowest BCUT2D eigenvalue weighted by molar-refractivity contribution is -0.140. The Hall–Kier alpha value is -2.82. The minimum Gasteiger partial charge on any atom is -0.469 e. The molecule has 1 aromatic heterocycles. The van der Waals surface area contributed by atoms with E-state index in [-0.39, 0.29) is 5.97 Å². The van der Waals surface area contributed by atoms with Crippen LogP contribution < -0.4 is 5.32 Å². The average molecular weight is 476 g/mol. The molecule has 2 atom stereocenters. The second-order valence-electron chi connectivity index (χ2n) is 11.6. The fourth-order valence-corrected chi connectivity index (χ4v) is 5.93. The van der Waals surface area contributed by atoms with E-state index < -0.39 is 0 Å². The van der Waals surface area contributed by atoms with Gasteiger partial charge in [0.25, 0.3) is 0 Å². The van der Waals surface area contributed by atoms with Crippen LogP contribution >= 0.6 is 0 Å². The number of aryl methyl sites for hydroxylation is 2. The number of methoxy groups -OCH3 is 1. The molecule has 2 unspecified atom stereocenters. The largest absolute Gasteiger partial charge is 0.469 e. The Labute approximate surface area is 210 Å². The Bertz CT molecular complexity index is 1190. The fraction of sp³-hybridized carbons (Fsp3) is 0.533. The van der Waals surface area contributed by atoms with Crippen LogP contribution in [0.15, 0.2) is 36.4 Å². The average Bonchev–Trinajstić information content (AvgIpc) is 3.12. The number of carbonyl (C=O) groups excluding carboxylic acids is 1. The third-order valence-corrected chi connectivity index (χ3v) is 7.54. The lowest BCUT2D eigenvalue weighted by atomic mass is 9.70. The number of hydrogen-bond acceptors (Lipinski definition) is 4. The highest BCUT2D eigenvalue weighted by molar-refractivity contribution is 5.82. The molecule has 4 rings (SSSR count). The molecular formula is C30H41N3O2. The van der Waals surface area contributed by atoms with E-state index in [1.54, 1.807) is 0 Å². The molecular weight excluding hydrogens is 434 g/mol. The summed E-state index contributed by atoms with van der Waals surface area (Å²) in [7, 11) is 1.44. The molecule has 0 amide bonds. The zero-order valence-corrected chi connectivity index (χ0v) is 22.4. The Morgan fingerprint density at radius 1 is 1.20 bits per heavy atom. The van der Waals surface area contributed by atoms with Crippen molar-refractivity contribution in [2.24, 2.45) is 11.3 Å². The summed E-state index contributed by atoms with van der Waals surface area (Å²) in [4.78, 5) is 16.8. The number of rotatable bonds is 7. The third kappa shape index (κ3) is 5.71. The summed E-state index contributed by atoms with van der Waals surface area (Å²) in [6, 6.07) is 13.5. The zero-order valence-electron chi connectivity index (χ0n) is 22.4. The van der Waals surface area contributed by atoms with E-state index >= 15 is 0 Å². The maximum atomic E-state index is 11.7. The molecule has 5 heteroatoms. The van der Waals surface area contributed by atoms with Crippen LogP contribution in [-0.2, 0) is 16.0 Å². The van der Waals surface area contributed by atoms with E-state index in [0.29, 0.717) is 36.1 Å². The molecule has 1 N–H and O–H groups in total. The Balaban J connectivity index is 1.76. The number of fused-ring (bicyclic) bond motifs is 1. The van der Waals surface area contributed by atoms with Gasteiger partial charge in [-0.3, -0.25) is 4.79 Å². The molecule has 1 aliphatic carbocycles. The van der Waals surface area contributed by atoms with Crippen molar-refractivity contribution in [3.05, 3.63) is 53.1 Å². The first kappa shape index (κ1) is 25.3. The van der Waals surface area contributed by atoms with Gasteiger partial charge in [0.15, 0.2) is 0 Å². The molecule has 0 saturated heterocycles. The Morgan fingerprint density at radius 2 is 1.91 bits per heavy atom. The summed E-state index contributed by atoms with van der Waals surface area (Å²) in [6.45, 7) is 13.7. The van der Waals surface area contributed by atoms with Crippen molar-refractivity contribution in [1.82, 2.24) is 9.55 Å². The normalized spacial score (nSPS) is 19.8. The molecule has 0 radical (unpaired) electrons. The van der Waals surface area contributed by atoms with Crippen molar-refractivity contribution in [3.8, 4) is 0 Å². The second-order valence-corrected chi connectivity index (χ2v) is 11.6. The highest BCUT2D eigenvalue weighted by Gasteiger charge is 2.34. The van der Waals surface area contributed by atoms with Gasteiger partial charge in [0.05, 0.1) is 18.1 Å². The molecule has 1 fully saturated rings. The summed E-state index contributed by atoms with van der Waals surface area (Å²) < 4.78 is 7.30. The molecule has 0 aliphatic heterocycles. The van der Waals surface area contributed by atoms with Gasteiger partial charge in [0, 0.05) is 18.2 Å². The van der Waals surface area contributed by atoms with E-state index in [4.69, 9.17) is 9.72 Å².